The highest BCUT2D eigenvalue weighted by atomic mass is 32.1. The first kappa shape index (κ1) is 18.1. The van der Waals surface area contributed by atoms with E-state index in [1.54, 1.807) is 17.5 Å². The summed E-state index contributed by atoms with van der Waals surface area (Å²) in [6, 6.07) is 5.54. The van der Waals surface area contributed by atoms with Crippen LogP contribution < -0.4 is 5.32 Å². The van der Waals surface area contributed by atoms with Crippen LogP contribution in [-0.2, 0) is 11.2 Å². The summed E-state index contributed by atoms with van der Waals surface area (Å²) in [5, 5.41) is 23.5. The van der Waals surface area contributed by atoms with E-state index in [2.05, 4.69) is 30.7 Å². The fraction of sp³-hybridized carbons (Fsp3) is 0.444. The molecule has 2 atom stereocenters. The first-order valence-electron chi connectivity index (χ1n) is 9.00. The van der Waals surface area contributed by atoms with Crippen LogP contribution in [0.5, 0.6) is 0 Å². The monoisotopic (exact) mass is 400 g/mol. The summed E-state index contributed by atoms with van der Waals surface area (Å²) in [4.78, 5) is 16.4. The van der Waals surface area contributed by atoms with Gasteiger partial charge in [-0.25, -0.2) is 0 Å². The average molecular weight is 401 g/mol. The van der Waals surface area contributed by atoms with E-state index in [1.807, 2.05) is 25.1 Å². The first-order chi connectivity index (χ1) is 13.2. The molecule has 1 saturated carbocycles. The van der Waals surface area contributed by atoms with Gasteiger partial charge in [-0.1, -0.05) is 23.8 Å². The number of carbonyl (C=O) groups is 1. The van der Waals surface area contributed by atoms with Crippen LogP contribution in [-0.4, -0.2) is 31.3 Å². The van der Waals surface area contributed by atoms with Gasteiger partial charge in [0.2, 0.25) is 11.0 Å². The normalized spacial score (nSPS) is 19.7. The SMILES string of the molecule is Cc1nnc([C@@H]2CCC[C@H](c3nnc(NC(=O)Cc4ccccn4)s3)C2)s1. The Bertz CT molecular complexity index is 909. The third-order valence-electron chi connectivity index (χ3n) is 4.67. The molecule has 0 radical (unpaired) electrons. The van der Waals surface area contributed by atoms with Crippen LogP contribution in [0.1, 0.15) is 58.2 Å². The largest absolute Gasteiger partial charge is 0.300 e. The number of hydrogen-bond donors (Lipinski definition) is 1. The molecule has 0 spiro atoms. The summed E-state index contributed by atoms with van der Waals surface area (Å²) in [5.41, 5.74) is 0.738. The predicted molar refractivity (Wildman–Crippen MR) is 105 cm³/mol. The van der Waals surface area contributed by atoms with Crippen LogP contribution in [0.4, 0.5) is 5.13 Å². The molecule has 4 rings (SSSR count). The predicted octanol–water partition coefficient (Wildman–Crippen LogP) is 3.72. The number of nitrogens with one attached hydrogen (secondary N) is 1. The third-order valence-corrected chi connectivity index (χ3v) is 6.67. The van der Waals surface area contributed by atoms with Crippen molar-refractivity contribution in [2.45, 2.75) is 50.9 Å². The lowest BCUT2D eigenvalue weighted by atomic mass is 9.82. The van der Waals surface area contributed by atoms with E-state index in [9.17, 15) is 4.79 Å². The fourth-order valence-electron chi connectivity index (χ4n) is 3.40. The highest BCUT2D eigenvalue weighted by Crippen LogP contribution is 2.43. The van der Waals surface area contributed by atoms with Crippen molar-refractivity contribution in [2.24, 2.45) is 0 Å². The lowest BCUT2D eigenvalue weighted by Gasteiger charge is -2.25. The van der Waals surface area contributed by atoms with Gasteiger partial charge in [-0.2, -0.15) is 0 Å². The van der Waals surface area contributed by atoms with Crippen LogP contribution in [0.15, 0.2) is 24.4 Å². The van der Waals surface area contributed by atoms with Crippen molar-refractivity contribution >= 4 is 33.7 Å². The van der Waals surface area contributed by atoms with Gasteiger partial charge in [-0.3, -0.25) is 9.78 Å². The van der Waals surface area contributed by atoms with E-state index in [0.717, 1.165) is 46.4 Å². The molecule has 0 unspecified atom stereocenters. The number of nitrogens with zero attached hydrogens (tertiary/aromatic N) is 5. The van der Waals surface area contributed by atoms with Crippen LogP contribution >= 0.6 is 22.7 Å². The van der Waals surface area contributed by atoms with Gasteiger partial charge in [-0.05, 0) is 38.3 Å². The topological polar surface area (TPSA) is 93.5 Å². The Labute approximate surface area is 165 Å². The van der Waals surface area contributed by atoms with Gasteiger partial charge in [0.15, 0.2) is 0 Å². The molecule has 140 valence electrons. The maximum absolute atomic E-state index is 12.2. The number of aromatic nitrogens is 5. The molecule has 3 aromatic rings. The number of amides is 1. The second-order valence-corrected chi connectivity index (χ2v) is 8.93. The number of pyridine rings is 1. The Balaban J connectivity index is 1.37. The number of aryl methyl sites for hydroxylation is 1. The number of anilines is 1. The minimum absolute atomic E-state index is 0.123. The Morgan fingerprint density at radius 1 is 1.11 bits per heavy atom. The summed E-state index contributed by atoms with van der Waals surface area (Å²) in [6.07, 6.45) is 6.34. The highest BCUT2D eigenvalue weighted by Gasteiger charge is 2.29. The molecule has 9 heteroatoms. The van der Waals surface area contributed by atoms with Crippen molar-refractivity contribution in [3.63, 3.8) is 0 Å². The molecule has 7 nitrogen and oxygen atoms in total. The molecular formula is C18H20N6OS2. The number of hydrogen-bond acceptors (Lipinski definition) is 8. The minimum Gasteiger partial charge on any atom is -0.300 e. The van der Waals surface area contributed by atoms with Gasteiger partial charge < -0.3 is 5.32 Å². The zero-order valence-corrected chi connectivity index (χ0v) is 16.6. The van der Waals surface area contributed by atoms with Gasteiger partial charge in [0.25, 0.3) is 0 Å². The first-order valence-corrected chi connectivity index (χ1v) is 10.6. The Morgan fingerprint density at radius 2 is 1.89 bits per heavy atom. The van der Waals surface area contributed by atoms with Crippen molar-refractivity contribution in [3.05, 3.63) is 45.1 Å². The highest BCUT2D eigenvalue weighted by molar-refractivity contribution is 7.15. The van der Waals surface area contributed by atoms with Gasteiger partial charge in [-0.15, -0.1) is 31.7 Å². The zero-order valence-electron chi connectivity index (χ0n) is 15.0. The summed E-state index contributed by atoms with van der Waals surface area (Å²) < 4.78 is 0. The zero-order chi connectivity index (χ0) is 18.6. The van der Waals surface area contributed by atoms with Crippen LogP contribution in [0.2, 0.25) is 0 Å². The molecular weight excluding hydrogens is 380 g/mol. The lowest BCUT2D eigenvalue weighted by Crippen LogP contribution is -2.14. The lowest BCUT2D eigenvalue weighted by molar-refractivity contribution is -0.115. The third kappa shape index (κ3) is 4.54. The molecule has 0 aliphatic heterocycles. The summed E-state index contributed by atoms with van der Waals surface area (Å²) in [6.45, 7) is 1.99. The second-order valence-electron chi connectivity index (χ2n) is 6.71. The van der Waals surface area contributed by atoms with E-state index >= 15 is 0 Å². The molecule has 3 heterocycles. The summed E-state index contributed by atoms with van der Waals surface area (Å²) >= 11 is 3.16. The van der Waals surface area contributed by atoms with Crippen LogP contribution in [0, 0.1) is 6.92 Å². The number of carbonyl (C=O) groups excluding carboxylic acids is 1. The molecule has 1 fully saturated rings. The smallest absolute Gasteiger partial charge is 0.232 e. The van der Waals surface area contributed by atoms with Gasteiger partial charge >= 0.3 is 0 Å². The van der Waals surface area contributed by atoms with Crippen molar-refractivity contribution in [3.8, 4) is 0 Å². The Morgan fingerprint density at radius 3 is 2.59 bits per heavy atom. The fourth-order valence-corrected chi connectivity index (χ4v) is 5.15. The van der Waals surface area contributed by atoms with Gasteiger partial charge in [0.1, 0.15) is 15.0 Å². The van der Waals surface area contributed by atoms with E-state index in [4.69, 9.17) is 0 Å². The molecule has 0 saturated heterocycles. The van der Waals surface area contributed by atoms with E-state index in [-0.39, 0.29) is 12.3 Å². The van der Waals surface area contributed by atoms with Gasteiger partial charge in [0, 0.05) is 23.7 Å². The molecule has 27 heavy (non-hydrogen) atoms. The maximum Gasteiger partial charge on any atom is 0.232 e. The van der Waals surface area contributed by atoms with Crippen molar-refractivity contribution in [1.82, 2.24) is 25.4 Å². The molecule has 1 aliphatic carbocycles. The quantitative estimate of drug-likeness (QED) is 0.702. The van der Waals surface area contributed by atoms with Crippen molar-refractivity contribution in [1.29, 1.82) is 0 Å². The van der Waals surface area contributed by atoms with E-state index in [0.29, 0.717) is 17.0 Å². The second kappa shape index (κ2) is 8.18. The van der Waals surface area contributed by atoms with Gasteiger partial charge in [0.05, 0.1) is 6.42 Å². The molecule has 1 N–H and O–H groups in total. The maximum atomic E-state index is 12.2. The summed E-state index contributed by atoms with van der Waals surface area (Å²) in [5.74, 6) is 0.690. The van der Waals surface area contributed by atoms with Crippen molar-refractivity contribution in [2.75, 3.05) is 5.32 Å². The van der Waals surface area contributed by atoms with E-state index in [1.165, 1.54) is 11.3 Å². The molecule has 1 aliphatic rings. The van der Waals surface area contributed by atoms with Crippen LogP contribution in [0.3, 0.4) is 0 Å². The summed E-state index contributed by atoms with van der Waals surface area (Å²) in [7, 11) is 0. The molecule has 0 aromatic carbocycles. The number of rotatable bonds is 5. The minimum atomic E-state index is -0.123. The standard InChI is InChI=1S/C18H20N6OS2/c1-11-21-22-16(26-11)12-5-4-6-13(9-12)17-23-24-18(27-17)20-15(25)10-14-7-2-3-8-19-14/h2-3,7-8,12-13H,4-6,9-10H2,1H3,(H,20,24,25)/t12-,13+/m1/s1. The Hall–Kier alpha value is -2.26. The average Bonchev–Trinajstić information content (AvgIpc) is 3.32. The molecule has 3 aromatic heterocycles. The van der Waals surface area contributed by atoms with Crippen molar-refractivity contribution < 1.29 is 4.79 Å². The Kier molecular flexibility index (Phi) is 5.49. The van der Waals surface area contributed by atoms with E-state index < -0.39 is 0 Å². The molecule has 0 bridgehead atoms. The van der Waals surface area contributed by atoms with Crippen LogP contribution in [0.25, 0.3) is 0 Å². The molecule has 1 amide bonds.